The zero-order valence-corrected chi connectivity index (χ0v) is 9.26. The Bertz CT molecular complexity index is 173. The zero-order chi connectivity index (χ0) is 10.7. The average molecular weight is 205 g/mol. The molecule has 0 amide bonds. The van der Waals surface area contributed by atoms with Crippen molar-refractivity contribution in [3.8, 4) is 0 Å². The maximum atomic E-state index is 12.6. The number of rotatable bonds is 3. The van der Waals surface area contributed by atoms with E-state index < -0.39 is 12.5 Å². The smallest absolute Gasteiger partial charge is 0.253 e. The predicted molar refractivity (Wildman–Crippen MR) is 54.5 cm³/mol. The van der Waals surface area contributed by atoms with Gasteiger partial charge in [0.1, 0.15) is 0 Å². The minimum absolute atomic E-state index is 0.159. The van der Waals surface area contributed by atoms with Crippen LogP contribution in [0.1, 0.15) is 33.1 Å². The Labute approximate surface area is 85.3 Å². The molecule has 1 aliphatic rings. The first-order valence-corrected chi connectivity index (χ1v) is 5.51. The Hall–Kier alpha value is -0.180. The maximum Gasteiger partial charge on any atom is 0.253 e. The molecule has 1 fully saturated rings. The van der Waals surface area contributed by atoms with Gasteiger partial charge in [0.15, 0.2) is 0 Å². The molecule has 0 aromatic rings. The van der Waals surface area contributed by atoms with E-state index in [1.165, 1.54) is 0 Å². The van der Waals surface area contributed by atoms with E-state index in [4.69, 9.17) is 0 Å². The molecule has 4 atom stereocenters. The van der Waals surface area contributed by atoms with Crippen LogP contribution < -0.4 is 5.32 Å². The van der Waals surface area contributed by atoms with Crippen LogP contribution in [0.5, 0.6) is 0 Å². The third kappa shape index (κ3) is 2.66. The average Bonchev–Trinajstić information content (AvgIpc) is 2.11. The summed E-state index contributed by atoms with van der Waals surface area (Å²) in [5.41, 5.74) is 0. The highest BCUT2D eigenvalue weighted by Gasteiger charge is 2.33. The molecule has 0 aliphatic heterocycles. The minimum Gasteiger partial charge on any atom is -0.312 e. The third-order valence-electron chi connectivity index (χ3n) is 3.75. The maximum absolute atomic E-state index is 12.6. The van der Waals surface area contributed by atoms with Crippen molar-refractivity contribution >= 4 is 0 Å². The quantitative estimate of drug-likeness (QED) is 0.747. The van der Waals surface area contributed by atoms with Gasteiger partial charge in [0, 0.05) is 0 Å². The van der Waals surface area contributed by atoms with Crippen LogP contribution in [0.2, 0.25) is 0 Å². The standard InChI is InChI=1S/C11H21F2N/c1-7-4-5-9(6-8(7)2)10(14-3)11(12)13/h7-11,14H,4-6H2,1-3H3. The highest BCUT2D eigenvalue weighted by atomic mass is 19.3. The molecule has 0 aromatic carbocycles. The Balaban J connectivity index is 2.52. The first-order valence-electron chi connectivity index (χ1n) is 5.51. The molecule has 1 aliphatic carbocycles. The summed E-state index contributed by atoms with van der Waals surface area (Å²) in [6, 6.07) is -0.607. The fraction of sp³-hybridized carbons (Fsp3) is 1.00. The monoisotopic (exact) mass is 205 g/mol. The molecule has 4 unspecified atom stereocenters. The predicted octanol–water partition coefficient (Wildman–Crippen LogP) is 2.91. The van der Waals surface area contributed by atoms with Gasteiger partial charge in [0.25, 0.3) is 6.43 Å². The van der Waals surface area contributed by atoms with Crippen LogP contribution in [0.15, 0.2) is 0 Å². The molecule has 0 spiro atoms. The van der Waals surface area contributed by atoms with Crippen LogP contribution in [-0.4, -0.2) is 19.5 Å². The molecular weight excluding hydrogens is 184 g/mol. The normalized spacial score (nSPS) is 36.0. The van der Waals surface area contributed by atoms with Crippen molar-refractivity contribution in [3.63, 3.8) is 0 Å². The SMILES string of the molecule is CNC(C(F)F)C1CCC(C)C(C)C1. The van der Waals surface area contributed by atoms with Crippen LogP contribution in [0.4, 0.5) is 8.78 Å². The summed E-state index contributed by atoms with van der Waals surface area (Å²) in [5.74, 6) is 1.44. The molecule has 0 bridgehead atoms. The molecule has 1 nitrogen and oxygen atoms in total. The highest BCUT2D eigenvalue weighted by molar-refractivity contribution is 4.84. The topological polar surface area (TPSA) is 12.0 Å². The van der Waals surface area contributed by atoms with Gasteiger partial charge >= 0.3 is 0 Å². The van der Waals surface area contributed by atoms with E-state index in [2.05, 4.69) is 19.2 Å². The molecule has 1 N–H and O–H groups in total. The second-order valence-electron chi connectivity index (χ2n) is 4.68. The van der Waals surface area contributed by atoms with Crippen LogP contribution >= 0.6 is 0 Å². The zero-order valence-electron chi connectivity index (χ0n) is 9.26. The Morgan fingerprint density at radius 3 is 2.21 bits per heavy atom. The van der Waals surface area contributed by atoms with E-state index in [-0.39, 0.29) is 5.92 Å². The first-order chi connectivity index (χ1) is 6.56. The van der Waals surface area contributed by atoms with E-state index >= 15 is 0 Å². The van der Waals surface area contributed by atoms with E-state index in [0.29, 0.717) is 11.8 Å². The van der Waals surface area contributed by atoms with Crippen molar-refractivity contribution in [3.05, 3.63) is 0 Å². The van der Waals surface area contributed by atoms with Gasteiger partial charge in [-0.25, -0.2) is 8.78 Å². The summed E-state index contributed by atoms with van der Waals surface area (Å²) >= 11 is 0. The van der Waals surface area contributed by atoms with Gasteiger partial charge in [-0.1, -0.05) is 20.3 Å². The van der Waals surface area contributed by atoms with Gasteiger partial charge in [-0.2, -0.15) is 0 Å². The van der Waals surface area contributed by atoms with Crippen LogP contribution in [-0.2, 0) is 0 Å². The number of alkyl halides is 2. The molecule has 0 heterocycles. The summed E-state index contributed by atoms with van der Waals surface area (Å²) in [6.07, 6.45) is 0.750. The Morgan fingerprint density at radius 2 is 1.79 bits per heavy atom. The van der Waals surface area contributed by atoms with Crippen molar-refractivity contribution < 1.29 is 8.78 Å². The highest BCUT2D eigenvalue weighted by Crippen LogP contribution is 2.36. The number of nitrogens with one attached hydrogen (secondary N) is 1. The van der Waals surface area contributed by atoms with Crippen LogP contribution in [0, 0.1) is 17.8 Å². The Morgan fingerprint density at radius 1 is 1.14 bits per heavy atom. The minimum atomic E-state index is -2.23. The van der Waals surface area contributed by atoms with Gasteiger partial charge in [0.05, 0.1) is 6.04 Å². The fourth-order valence-corrected chi connectivity index (χ4v) is 2.48. The molecule has 84 valence electrons. The summed E-state index contributed by atoms with van der Waals surface area (Å²) in [7, 11) is 1.64. The van der Waals surface area contributed by atoms with E-state index in [0.717, 1.165) is 19.3 Å². The lowest BCUT2D eigenvalue weighted by atomic mass is 9.73. The third-order valence-corrected chi connectivity index (χ3v) is 3.75. The van der Waals surface area contributed by atoms with E-state index in [9.17, 15) is 8.78 Å². The first kappa shape index (κ1) is 11.9. The molecule has 0 aromatic heterocycles. The molecule has 3 heteroatoms. The van der Waals surface area contributed by atoms with Gasteiger partial charge in [-0.05, 0) is 37.6 Å². The lowest BCUT2D eigenvalue weighted by Gasteiger charge is -2.36. The van der Waals surface area contributed by atoms with Crippen molar-refractivity contribution in [2.24, 2.45) is 17.8 Å². The largest absolute Gasteiger partial charge is 0.312 e. The van der Waals surface area contributed by atoms with Crippen molar-refractivity contribution in [1.82, 2.24) is 5.32 Å². The van der Waals surface area contributed by atoms with E-state index in [1.807, 2.05) is 0 Å². The lowest BCUT2D eigenvalue weighted by molar-refractivity contribution is 0.0465. The molecule has 1 saturated carbocycles. The fourth-order valence-electron chi connectivity index (χ4n) is 2.48. The number of hydrogen-bond acceptors (Lipinski definition) is 1. The number of halogens is 2. The van der Waals surface area contributed by atoms with Crippen LogP contribution in [0.25, 0.3) is 0 Å². The molecular formula is C11H21F2N. The number of hydrogen-bond donors (Lipinski definition) is 1. The van der Waals surface area contributed by atoms with Crippen molar-refractivity contribution in [2.75, 3.05) is 7.05 Å². The van der Waals surface area contributed by atoms with Gasteiger partial charge in [-0.15, -0.1) is 0 Å². The molecule has 1 rings (SSSR count). The Kier molecular flexibility index (Phi) is 4.30. The molecule has 14 heavy (non-hydrogen) atoms. The summed E-state index contributed by atoms with van der Waals surface area (Å²) in [4.78, 5) is 0. The van der Waals surface area contributed by atoms with E-state index in [1.54, 1.807) is 7.05 Å². The van der Waals surface area contributed by atoms with Crippen molar-refractivity contribution in [2.45, 2.75) is 45.6 Å². The second-order valence-corrected chi connectivity index (χ2v) is 4.68. The van der Waals surface area contributed by atoms with Crippen LogP contribution in [0.3, 0.4) is 0 Å². The van der Waals surface area contributed by atoms with Gasteiger partial charge < -0.3 is 5.32 Å². The lowest BCUT2D eigenvalue weighted by Crippen LogP contribution is -2.42. The second kappa shape index (κ2) is 5.06. The van der Waals surface area contributed by atoms with Gasteiger partial charge in [0.2, 0.25) is 0 Å². The van der Waals surface area contributed by atoms with Crippen molar-refractivity contribution in [1.29, 1.82) is 0 Å². The molecule has 0 saturated heterocycles. The summed E-state index contributed by atoms with van der Waals surface area (Å²) in [5, 5.41) is 2.76. The molecule has 0 radical (unpaired) electrons. The summed E-state index contributed by atoms with van der Waals surface area (Å²) in [6.45, 7) is 4.40. The summed E-state index contributed by atoms with van der Waals surface area (Å²) < 4.78 is 25.3. The van der Waals surface area contributed by atoms with Gasteiger partial charge in [-0.3, -0.25) is 0 Å².